The number of benzene rings is 1. The molecule has 2 unspecified atom stereocenters. The minimum absolute atomic E-state index is 0.0893. The van der Waals surface area contributed by atoms with Crippen LogP contribution in [0.5, 0.6) is 0 Å². The average molecular weight is 254 g/mol. The largest absolute Gasteiger partial charge is 0.417 e. The van der Waals surface area contributed by atoms with Crippen LogP contribution in [0.15, 0.2) is 18.2 Å². The van der Waals surface area contributed by atoms with E-state index >= 15 is 0 Å². The Labute approximate surface area is 95.8 Å². The van der Waals surface area contributed by atoms with Gasteiger partial charge in [-0.3, -0.25) is 0 Å². The van der Waals surface area contributed by atoms with Gasteiger partial charge in [-0.05, 0) is 18.6 Å². The maximum absolute atomic E-state index is 12.5. The van der Waals surface area contributed by atoms with Crippen LogP contribution in [0.3, 0.4) is 0 Å². The van der Waals surface area contributed by atoms with Crippen LogP contribution in [-0.2, 0) is 6.18 Å². The van der Waals surface area contributed by atoms with Gasteiger partial charge in [-0.15, -0.1) is 0 Å². The number of alkyl halides is 3. The second-order valence-corrected chi connectivity index (χ2v) is 3.85. The summed E-state index contributed by atoms with van der Waals surface area (Å²) in [6, 6.07) is 2.52. The summed E-state index contributed by atoms with van der Waals surface area (Å²) in [6.45, 7) is 1.39. The Morgan fingerprint density at radius 1 is 1.38 bits per heavy atom. The normalized spacial score (nSPS) is 15.9. The van der Waals surface area contributed by atoms with E-state index in [1.54, 1.807) is 0 Å². The van der Waals surface area contributed by atoms with Gasteiger partial charge in [0.15, 0.2) is 0 Å². The van der Waals surface area contributed by atoms with E-state index in [4.69, 9.17) is 17.3 Å². The molecule has 3 N–H and O–H groups in total. The van der Waals surface area contributed by atoms with Gasteiger partial charge in [-0.2, -0.15) is 13.2 Å². The van der Waals surface area contributed by atoms with Crippen LogP contribution in [0.4, 0.5) is 13.2 Å². The van der Waals surface area contributed by atoms with Crippen LogP contribution >= 0.6 is 11.6 Å². The number of halogens is 4. The molecular formula is C10H11ClF3NO. The minimum Gasteiger partial charge on any atom is -0.391 e. The summed E-state index contributed by atoms with van der Waals surface area (Å²) in [5, 5.41) is 8.77. The van der Waals surface area contributed by atoms with Crippen LogP contribution < -0.4 is 5.73 Å². The lowest BCUT2D eigenvalue weighted by molar-refractivity contribution is -0.137. The Hall–Kier alpha value is -0.780. The van der Waals surface area contributed by atoms with Crippen LogP contribution in [-0.4, -0.2) is 11.2 Å². The molecule has 2 nitrogen and oxygen atoms in total. The molecule has 0 aliphatic carbocycles. The highest BCUT2D eigenvalue weighted by Gasteiger charge is 2.34. The monoisotopic (exact) mass is 253 g/mol. The zero-order chi connectivity index (χ0) is 12.5. The lowest BCUT2D eigenvalue weighted by Crippen LogP contribution is -2.24. The van der Waals surface area contributed by atoms with Crippen molar-refractivity contribution in [1.29, 1.82) is 0 Å². The SMILES string of the molecule is CC(O)C(N)c1cccc(C(F)(F)F)c1Cl. The summed E-state index contributed by atoms with van der Waals surface area (Å²) in [5.74, 6) is 0. The molecule has 0 radical (unpaired) electrons. The molecular weight excluding hydrogens is 243 g/mol. The van der Waals surface area contributed by atoms with Gasteiger partial charge in [0.05, 0.1) is 22.7 Å². The second-order valence-electron chi connectivity index (χ2n) is 3.47. The van der Waals surface area contributed by atoms with Crippen molar-refractivity contribution in [3.05, 3.63) is 34.3 Å². The molecule has 1 aromatic rings. The van der Waals surface area contributed by atoms with Gasteiger partial charge in [0.25, 0.3) is 0 Å². The van der Waals surface area contributed by atoms with Crippen LogP contribution in [0.2, 0.25) is 5.02 Å². The molecule has 0 saturated carbocycles. The third-order valence-corrected chi connectivity index (χ3v) is 2.63. The lowest BCUT2D eigenvalue weighted by atomic mass is 10.0. The number of rotatable bonds is 2. The fourth-order valence-corrected chi connectivity index (χ4v) is 1.65. The minimum atomic E-state index is -4.52. The topological polar surface area (TPSA) is 46.2 Å². The van der Waals surface area contributed by atoms with Gasteiger partial charge < -0.3 is 10.8 Å². The fourth-order valence-electron chi connectivity index (χ4n) is 1.29. The summed E-state index contributed by atoms with van der Waals surface area (Å²) >= 11 is 5.62. The summed E-state index contributed by atoms with van der Waals surface area (Å²) in [5.41, 5.74) is 4.70. The second kappa shape index (κ2) is 4.61. The standard InChI is InChI=1S/C10H11ClF3NO/c1-5(16)9(15)6-3-2-4-7(8(6)11)10(12,13)14/h2-5,9,16H,15H2,1H3. The molecule has 0 fully saturated rings. The summed E-state index contributed by atoms with van der Waals surface area (Å²) in [7, 11) is 0. The molecule has 6 heteroatoms. The van der Waals surface area contributed by atoms with Crippen molar-refractivity contribution >= 4 is 11.6 Å². The summed E-state index contributed by atoms with van der Waals surface area (Å²) in [4.78, 5) is 0. The smallest absolute Gasteiger partial charge is 0.391 e. The summed E-state index contributed by atoms with van der Waals surface area (Å²) in [6.07, 6.45) is -5.49. The molecule has 16 heavy (non-hydrogen) atoms. The highest BCUT2D eigenvalue weighted by atomic mass is 35.5. The maximum Gasteiger partial charge on any atom is 0.417 e. The van der Waals surface area contributed by atoms with Gasteiger partial charge in [-0.1, -0.05) is 23.7 Å². The number of hydrogen-bond donors (Lipinski definition) is 2. The molecule has 1 aromatic carbocycles. The van der Waals surface area contributed by atoms with Crippen molar-refractivity contribution in [3.8, 4) is 0 Å². The van der Waals surface area contributed by atoms with Gasteiger partial charge in [0.1, 0.15) is 0 Å². The first kappa shape index (κ1) is 13.3. The van der Waals surface area contributed by atoms with Crippen LogP contribution in [0.1, 0.15) is 24.1 Å². The van der Waals surface area contributed by atoms with E-state index in [1.807, 2.05) is 0 Å². The van der Waals surface area contributed by atoms with E-state index in [0.29, 0.717) is 0 Å². The third-order valence-electron chi connectivity index (χ3n) is 2.21. The van der Waals surface area contributed by atoms with E-state index in [1.165, 1.54) is 19.1 Å². The molecule has 0 aromatic heterocycles. The van der Waals surface area contributed by atoms with Gasteiger partial charge >= 0.3 is 6.18 Å². The number of nitrogens with two attached hydrogens (primary N) is 1. The number of hydrogen-bond acceptors (Lipinski definition) is 2. The number of aliphatic hydroxyl groups excluding tert-OH is 1. The van der Waals surface area contributed by atoms with Gasteiger partial charge in [0.2, 0.25) is 0 Å². The molecule has 90 valence electrons. The lowest BCUT2D eigenvalue weighted by Gasteiger charge is -2.19. The predicted molar refractivity (Wildman–Crippen MR) is 55.1 cm³/mol. The molecule has 1 rings (SSSR count). The Morgan fingerprint density at radius 3 is 2.38 bits per heavy atom. The average Bonchev–Trinajstić information content (AvgIpc) is 2.15. The molecule has 2 atom stereocenters. The van der Waals surface area contributed by atoms with Crippen molar-refractivity contribution < 1.29 is 18.3 Å². The van der Waals surface area contributed by atoms with Crippen molar-refractivity contribution in [3.63, 3.8) is 0 Å². The molecule has 0 spiro atoms. The first-order chi connectivity index (χ1) is 7.25. The molecule has 0 saturated heterocycles. The van der Waals surface area contributed by atoms with Crippen molar-refractivity contribution in [2.24, 2.45) is 5.73 Å². The van der Waals surface area contributed by atoms with Gasteiger partial charge in [0, 0.05) is 0 Å². The summed E-state index contributed by atoms with van der Waals surface area (Å²) < 4.78 is 37.5. The van der Waals surface area contributed by atoms with Crippen molar-refractivity contribution in [2.45, 2.75) is 25.2 Å². The molecule has 0 heterocycles. The Balaban J connectivity index is 3.24. The van der Waals surface area contributed by atoms with Gasteiger partial charge in [-0.25, -0.2) is 0 Å². The highest BCUT2D eigenvalue weighted by Crippen LogP contribution is 2.37. The first-order valence-corrected chi connectivity index (χ1v) is 4.92. The first-order valence-electron chi connectivity index (χ1n) is 4.54. The zero-order valence-electron chi connectivity index (χ0n) is 8.42. The van der Waals surface area contributed by atoms with Crippen molar-refractivity contribution in [2.75, 3.05) is 0 Å². The van der Waals surface area contributed by atoms with Crippen molar-refractivity contribution in [1.82, 2.24) is 0 Å². The van der Waals surface area contributed by atoms with Crippen LogP contribution in [0.25, 0.3) is 0 Å². The number of aliphatic hydroxyl groups is 1. The predicted octanol–water partition coefficient (Wildman–Crippen LogP) is 2.74. The van der Waals surface area contributed by atoms with E-state index in [0.717, 1.165) is 6.07 Å². The fraction of sp³-hybridized carbons (Fsp3) is 0.400. The Bertz CT molecular complexity index is 379. The molecule has 0 amide bonds. The third kappa shape index (κ3) is 2.66. The Kier molecular flexibility index (Phi) is 3.83. The van der Waals surface area contributed by atoms with E-state index in [2.05, 4.69) is 0 Å². The van der Waals surface area contributed by atoms with E-state index < -0.39 is 28.9 Å². The van der Waals surface area contributed by atoms with E-state index in [9.17, 15) is 18.3 Å². The Morgan fingerprint density at radius 2 is 1.94 bits per heavy atom. The molecule has 0 bridgehead atoms. The van der Waals surface area contributed by atoms with E-state index in [-0.39, 0.29) is 5.56 Å². The molecule has 0 aliphatic rings. The zero-order valence-corrected chi connectivity index (χ0v) is 9.18. The quantitative estimate of drug-likeness (QED) is 0.851. The highest BCUT2D eigenvalue weighted by molar-refractivity contribution is 6.32. The van der Waals surface area contributed by atoms with Crippen LogP contribution in [0, 0.1) is 0 Å². The maximum atomic E-state index is 12.5. The molecule has 0 aliphatic heterocycles.